The van der Waals surface area contributed by atoms with Crippen molar-refractivity contribution in [2.24, 2.45) is 0 Å². The molecule has 0 aliphatic carbocycles. The molecule has 5 heteroatoms. The molecule has 100 valence electrons. The molecule has 1 unspecified atom stereocenters. The van der Waals surface area contributed by atoms with Crippen LogP contribution in [0, 0.1) is 20.8 Å². The molecule has 0 saturated carbocycles. The molecule has 0 saturated heterocycles. The third-order valence-corrected chi connectivity index (χ3v) is 3.23. The second kappa shape index (κ2) is 5.25. The molecule has 0 fully saturated rings. The van der Waals surface area contributed by atoms with Crippen molar-refractivity contribution in [2.75, 3.05) is 7.05 Å². The van der Waals surface area contributed by atoms with E-state index < -0.39 is 12.0 Å². The summed E-state index contributed by atoms with van der Waals surface area (Å²) < 4.78 is 5.40. The van der Waals surface area contributed by atoms with E-state index in [-0.39, 0.29) is 5.91 Å². The topological polar surface area (TPSA) is 70.8 Å². The van der Waals surface area contributed by atoms with Crippen LogP contribution in [0.5, 0.6) is 0 Å². The van der Waals surface area contributed by atoms with Gasteiger partial charge in [0.25, 0.3) is 5.91 Å². The summed E-state index contributed by atoms with van der Waals surface area (Å²) in [5.74, 6) is -0.0883. The summed E-state index contributed by atoms with van der Waals surface area (Å²) in [5, 5.41) is 9.07. The van der Waals surface area contributed by atoms with Crippen LogP contribution in [0.3, 0.4) is 0 Å². The van der Waals surface area contributed by atoms with Gasteiger partial charge >= 0.3 is 5.97 Å². The monoisotopic (exact) mass is 253 g/mol. The number of likely N-dealkylation sites (N-methyl/N-ethyl adjacent to an activating group) is 1. The Morgan fingerprint density at radius 3 is 2.17 bits per heavy atom. The van der Waals surface area contributed by atoms with Crippen molar-refractivity contribution in [3.05, 3.63) is 22.6 Å². The lowest BCUT2D eigenvalue weighted by Crippen LogP contribution is -2.42. The second-order valence-electron chi connectivity index (χ2n) is 4.39. The van der Waals surface area contributed by atoms with Gasteiger partial charge in [0.1, 0.15) is 17.6 Å². The summed E-state index contributed by atoms with van der Waals surface area (Å²) in [4.78, 5) is 24.6. The molecule has 1 rings (SSSR count). The number of aliphatic carboxylic acids is 1. The van der Waals surface area contributed by atoms with Crippen molar-refractivity contribution in [1.29, 1.82) is 0 Å². The lowest BCUT2D eigenvalue weighted by Gasteiger charge is -2.23. The number of rotatable bonds is 4. The minimum Gasteiger partial charge on any atom is -0.480 e. The molecule has 0 bridgehead atoms. The highest BCUT2D eigenvalue weighted by Gasteiger charge is 2.29. The Bertz CT molecular complexity index is 476. The Morgan fingerprint density at radius 2 is 1.83 bits per heavy atom. The van der Waals surface area contributed by atoms with E-state index in [1.807, 2.05) is 0 Å². The largest absolute Gasteiger partial charge is 0.480 e. The first kappa shape index (κ1) is 14.3. The Labute approximate surface area is 106 Å². The number of aryl methyl sites for hydroxylation is 2. The van der Waals surface area contributed by atoms with E-state index in [2.05, 4.69) is 0 Å². The maximum absolute atomic E-state index is 12.3. The van der Waals surface area contributed by atoms with Crippen LogP contribution in [0.4, 0.5) is 0 Å². The van der Waals surface area contributed by atoms with Crippen LogP contribution in [-0.2, 0) is 4.79 Å². The van der Waals surface area contributed by atoms with Crippen molar-refractivity contribution in [1.82, 2.24) is 4.90 Å². The lowest BCUT2D eigenvalue weighted by atomic mass is 10.1. The molecule has 0 aliphatic heterocycles. The van der Waals surface area contributed by atoms with Crippen LogP contribution < -0.4 is 0 Å². The Balaban J connectivity index is 3.10. The highest BCUT2D eigenvalue weighted by atomic mass is 16.4. The predicted molar refractivity (Wildman–Crippen MR) is 66.7 cm³/mol. The summed E-state index contributed by atoms with van der Waals surface area (Å²) in [6.45, 7) is 7.04. The molecule has 0 aliphatic rings. The Morgan fingerprint density at radius 1 is 1.28 bits per heavy atom. The van der Waals surface area contributed by atoms with Crippen molar-refractivity contribution in [3.8, 4) is 0 Å². The number of carboxylic acid groups (broad SMARTS) is 1. The standard InChI is InChI=1S/C13H19NO4/c1-6-10(13(16)17)14(5)12(15)11-7(2)8(3)18-9(11)4/h10H,6H2,1-5H3,(H,16,17). The Kier molecular flexibility index (Phi) is 4.16. The fraction of sp³-hybridized carbons (Fsp3) is 0.538. The smallest absolute Gasteiger partial charge is 0.326 e. The van der Waals surface area contributed by atoms with Gasteiger partial charge in [-0.1, -0.05) is 6.92 Å². The lowest BCUT2D eigenvalue weighted by molar-refractivity contribution is -0.142. The quantitative estimate of drug-likeness (QED) is 0.892. The first-order chi connectivity index (χ1) is 8.31. The predicted octanol–water partition coefficient (Wildman–Crippen LogP) is 2.14. The molecule has 0 aromatic carbocycles. The van der Waals surface area contributed by atoms with Gasteiger partial charge in [-0.05, 0) is 27.2 Å². The first-order valence-corrected chi connectivity index (χ1v) is 5.87. The number of carboxylic acids is 1. The van der Waals surface area contributed by atoms with Crippen LogP contribution in [-0.4, -0.2) is 35.0 Å². The number of furan rings is 1. The van der Waals surface area contributed by atoms with Gasteiger partial charge in [0.2, 0.25) is 0 Å². The molecule has 1 N–H and O–H groups in total. The van der Waals surface area contributed by atoms with E-state index in [0.29, 0.717) is 23.5 Å². The molecule has 0 spiro atoms. The van der Waals surface area contributed by atoms with E-state index in [1.165, 1.54) is 11.9 Å². The van der Waals surface area contributed by atoms with E-state index in [9.17, 15) is 9.59 Å². The molecule has 5 nitrogen and oxygen atoms in total. The van der Waals surface area contributed by atoms with Crippen LogP contribution >= 0.6 is 0 Å². The number of amides is 1. The van der Waals surface area contributed by atoms with Crippen molar-refractivity contribution in [3.63, 3.8) is 0 Å². The highest BCUT2D eigenvalue weighted by Crippen LogP contribution is 2.23. The van der Waals surface area contributed by atoms with Crippen molar-refractivity contribution < 1.29 is 19.1 Å². The first-order valence-electron chi connectivity index (χ1n) is 5.87. The van der Waals surface area contributed by atoms with Crippen LogP contribution in [0.2, 0.25) is 0 Å². The van der Waals surface area contributed by atoms with E-state index in [1.54, 1.807) is 27.7 Å². The number of carbonyl (C=O) groups excluding carboxylic acids is 1. The molecule has 1 heterocycles. The maximum atomic E-state index is 12.3. The Hall–Kier alpha value is -1.78. The zero-order chi connectivity index (χ0) is 14.0. The summed E-state index contributed by atoms with van der Waals surface area (Å²) in [6.07, 6.45) is 0.368. The maximum Gasteiger partial charge on any atom is 0.326 e. The zero-order valence-corrected chi connectivity index (χ0v) is 11.4. The third kappa shape index (κ3) is 2.39. The number of hydrogen-bond acceptors (Lipinski definition) is 3. The zero-order valence-electron chi connectivity index (χ0n) is 11.4. The minimum absolute atomic E-state index is 0.309. The third-order valence-electron chi connectivity index (χ3n) is 3.23. The fourth-order valence-electron chi connectivity index (χ4n) is 2.04. The molecule has 1 atom stereocenters. The van der Waals surface area contributed by atoms with Gasteiger partial charge < -0.3 is 14.4 Å². The van der Waals surface area contributed by atoms with Crippen molar-refractivity contribution in [2.45, 2.75) is 40.2 Å². The van der Waals surface area contributed by atoms with Crippen LogP contribution in [0.25, 0.3) is 0 Å². The normalized spacial score (nSPS) is 12.3. The summed E-state index contributed by atoms with van der Waals surface area (Å²) >= 11 is 0. The van der Waals surface area contributed by atoms with Gasteiger partial charge in [-0.15, -0.1) is 0 Å². The summed E-state index contributed by atoms with van der Waals surface area (Å²) in [7, 11) is 1.51. The highest BCUT2D eigenvalue weighted by molar-refractivity contribution is 5.98. The molecule has 1 aromatic heterocycles. The van der Waals surface area contributed by atoms with Gasteiger partial charge in [0.15, 0.2) is 0 Å². The summed E-state index contributed by atoms with van der Waals surface area (Å²) in [6, 6.07) is -0.813. The molecular weight excluding hydrogens is 234 g/mol. The van der Waals surface area contributed by atoms with Gasteiger partial charge in [-0.3, -0.25) is 4.79 Å². The van der Waals surface area contributed by atoms with E-state index in [4.69, 9.17) is 9.52 Å². The number of nitrogens with zero attached hydrogens (tertiary/aromatic N) is 1. The molecule has 0 radical (unpaired) electrons. The summed E-state index contributed by atoms with van der Waals surface area (Å²) in [5.41, 5.74) is 1.24. The van der Waals surface area contributed by atoms with Gasteiger partial charge in [0, 0.05) is 12.6 Å². The molecule has 18 heavy (non-hydrogen) atoms. The average molecular weight is 253 g/mol. The van der Waals surface area contributed by atoms with Gasteiger partial charge in [-0.2, -0.15) is 0 Å². The van der Waals surface area contributed by atoms with Gasteiger partial charge in [-0.25, -0.2) is 4.79 Å². The van der Waals surface area contributed by atoms with Crippen molar-refractivity contribution >= 4 is 11.9 Å². The van der Waals surface area contributed by atoms with Crippen LogP contribution in [0.1, 0.15) is 40.8 Å². The fourth-order valence-corrected chi connectivity index (χ4v) is 2.04. The average Bonchev–Trinajstić information content (AvgIpc) is 2.52. The molecule has 1 amide bonds. The van der Waals surface area contributed by atoms with Crippen LogP contribution in [0.15, 0.2) is 4.42 Å². The minimum atomic E-state index is -0.996. The van der Waals surface area contributed by atoms with Gasteiger partial charge in [0.05, 0.1) is 5.56 Å². The SMILES string of the molecule is CCC(C(=O)O)N(C)C(=O)c1c(C)oc(C)c1C. The molecule has 1 aromatic rings. The number of hydrogen-bond donors (Lipinski definition) is 1. The number of carbonyl (C=O) groups is 2. The van der Waals surface area contributed by atoms with E-state index >= 15 is 0 Å². The molecular formula is C13H19NO4. The van der Waals surface area contributed by atoms with E-state index in [0.717, 1.165) is 5.56 Å². The second-order valence-corrected chi connectivity index (χ2v) is 4.39.